The molecule has 22 heavy (non-hydrogen) atoms. The molecule has 2 N–H and O–H groups in total. The minimum Gasteiger partial charge on any atom is -0.354 e. The number of halogens is 1. The third-order valence-corrected chi connectivity index (χ3v) is 3.27. The molecule has 120 valence electrons. The van der Waals surface area contributed by atoms with E-state index in [1.165, 1.54) is 0 Å². The minimum atomic E-state index is -0.207. The summed E-state index contributed by atoms with van der Waals surface area (Å²) in [5, 5.41) is 5.93. The summed E-state index contributed by atoms with van der Waals surface area (Å²) in [6.45, 7) is 4.34. The Labute approximate surface area is 135 Å². The Morgan fingerprint density at radius 3 is 2.18 bits per heavy atom. The number of ketones is 1. The van der Waals surface area contributed by atoms with Gasteiger partial charge in [0.2, 0.25) is 11.8 Å². The Morgan fingerprint density at radius 2 is 1.59 bits per heavy atom. The summed E-state index contributed by atoms with van der Waals surface area (Å²) < 4.78 is 0. The number of benzene rings is 1. The largest absolute Gasteiger partial charge is 0.354 e. The van der Waals surface area contributed by atoms with Crippen LogP contribution in [0.15, 0.2) is 24.3 Å². The molecule has 0 bridgehead atoms. The van der Waals surface area contributed by atoms with Crippen LogP contribution in [-0.2, 0) is 9.59 Å². The Balaban J connectivity index is 2.21. The second-order valence-corrected chi connectivity index (χ2v) is 5.66. The molecule has 1 aromatic carbocycles. The zero-order valence-electron chi connectivity index (χ0n) is 12.8. The van der Waals surface area contributed by atoms with Gasteiger partial charge in [-0.05, 0) is 24.3 Å². The van der Waals surface area contributed by atoms with Crippen LogP contribution in [0, 0.1) is 5.92 Å². The van der Waals surface area contributed by atoms with Gasteiger partial charge in [-0.3, -0.25) is 14.4 Å². The van der Waals surface area contributed by atoms with E-state index < -0.39 is 0 Å². The van der Waals surface area contributed by atoms with Gasteiger partial charge in [-0.1, -0.05) is 25.4 Å². The molecule has 0 aliphatic heterocycles. The molecule has 2 amide bonds. The summed E-state index contributed by atoms with van der Waals surface area (Å²) in [5.41, 5.74) is 0.543. The average molecular weight is 325 g/mol. The Morgan fingerprint density at radius 1 is 1.00 bits per heavy atom. The summed E-state index contributed by atoms with van der Waals surface area (Å²) in [7, 11) is 0. The van der Waals surface area contributed by atoms with Gasteiger partial charge in [-0.25, -0.2) is 0 Å². The predicted molar refractivity (Wildman–Crippen MR) is 85.9 cm³/mol. The number of hydrogen-bond donors (Lipinski definition) is 2. The lowest BCUT2D eigenvalue weighted by Gasteiger charge is -2.08. The summed E-state index contributed by atoms with van der Waals surface area (Å²) >= 11 is 5.75. The van der Waals surface area contributed by atoms with Crippen LogP contribution >= 0.6 is 11.6 Å². The topological polar surface area (TPSA) is 75.3 Å². The van der Waals surface area contributed by atoms with Crippen molar-refractivity contribution in [1.29, 1.82) is 0 Å². The van der Waals surface area contributed by atoms with E-state index in [-0.39, 0.29) is 36.4 Å². The number of carbonyl (C=O) groups is 3. The SMILES string of the molecule is CC(C)C(=O)NCCNC(=O)CCC(=O)c1ccc(Cl)cc1. The van der Waals surface area contributed by atoms with Crippen molar-refractivity contribution in [3.05, 3.63) is 34.9 Å². The van der Waals surface area contributed by atoms with Gasteiger partial charge in [-0.15, -0.1) is 0 Å². The van der Waals surface area contributed by atoms with Gasteiger partial charge in [0, 0.05) is 42.4 Å². The van der Waals surface area contributed by atoms with Crippen molar-refractivity contribution in [2.24, 2.45) is 5.92 Å². The third kappa shape index (κ3) is 6.72. The van der Waals surface area contributed by atoms with E-state index in [2.05, 4.69) is 10.6 Å². The Hall–Kier alpha value is -1.88. The highest BCUT2D eigenvalue weighted by Gasteiger charge is 2.09. The maximum atomic E-state index is 11.9. The van der Waals surface area contributed by atoms with Crippen molar-refractivity contribution in [2.75, 3.05) is 13.1 Å². The first-order valence-corrected chi connectivity index (χ1v) is 7.61. The van der Waals surface area contributed by atoms with E-state index in [1.54, 1.807) is 38.1 Å². The lowest BCUT2D eigenvalue weighted by atomic mass is 10.1. The molecular weight excluding hydrogens is 304 g/mol. The molecule has 0 saturated carbocycles. The smallest absolute Gasteiger partial charge is 0.222 e. The molecular formula is C16H21ClN2O3. The quantitative estimate of drug-likeness (QED) is 0.568. The number of hydrogen-bond acceptors (Lipinski definition) is 3. The molecule has 0 aliphatic rings. The Kier molecular flexibility index (Phi) is 7.60. The molecule has 5 nitrogen and oxygen atoms in total. The first-order valence-electron chi connectivity index (χ1n) is 7.23. The number of amides is 2. The van der Waals surface area contributed by atoms with Gasteiger partial charge in [-0.2, -0.15) is 0 Å². The van der Waals surface area contributed by atoms with Crippen molar-refractivity contribution in [1.82, 2.24) is 10.6 Å². The van der Waals surface area contributed by atoms with Crippen LogP contribution in [0.4, 0.5) is 0 Å². The molecule has 0 spiro atoms. The van der Waals surface area contributed by atoms with E-state index in [4.69, 9.17) is 11.6 Å². The maximum Gasteiger partial charge on any atom is 0.222 e. The van der Waals surface area contributed by atoms with Crippen LogP contribution < -0.4 is 10.6 Å². The molecule has 0 unspecified atom stereocenters. The van der Waals surface area contributed by atoms with E-state index in [1.807, 2.05) is 0 Å². The van der Waals surface area contributed by atoms with Gasteiger partial charge < -0.3 is 10.6 Å². The molecule has 6 heteroatoms. The predicted octanol–water partition coefficient (Wildman–Crippen LogP) is 2.19. The third-order valence-electron chi connectivity index (χ3n) is 3.02. The van der Waals surface area contributed by atoms with Gasteiger partial charge in [0.25, 0.3) is 0 Å². The zero-order valence-corrected chi connectivity index (χ0v) is 13.6. The lowest BCUT2D eigenvalue weighted by Crippen LogP contribution is -2.36. The maximum absolute atomic E-state index is 11.9. The highest BCUT2D eigenvalue weighted by molar-refractivity contribution is 6.30. The Bertz CT molecular complexity index is 527. The highest BCUT2D eigenvalue weighted by atomic mass is 35.5. The van der Waals surface area contributed by atoms with E-state index in [9.17, 15) is 14.4 Å². The summed E-state index contributed by atoms with van der Waals surface area (Å²) in [6.07, 6.45) is 0.269. The molecule has 0 radical (unpaired) electrons. The second kappa shape index (κ2) is 9.20. The number of carbonyl (C=O) groups excluding carboxylic acids is 3. The molecule has 1 aromatic rings. The van der Waals surface area contributed by atoms with E-state index in [0.29, 0.717) is 23.7 Å². The van der Waals surface area contributed by atoms with Crippen molar-refractivity contribution < 1.29 is 14.4 Å². The van der Waals surface area contributed by atoms with Gasteiger partial charge >= 0.3 is 0 Å². The van der Waals surface area contributed by atoms with Crippen molar-refractivity contribution >= 4 is 29.2 Å². The van der Waals surface area contributed by atoms with E-state index >= 15 is 0 Å². The fourth-order valence-corrected chi connectivity index (χ4v) is 1.81. The first kappa shape index (κ1) is 18.2. The fourth-order valence-electron chi connectivity index (χ4n) is 1.69. The summed E-state index contributed by atoms with van der Waals surface area (Å²) in [5.74, 6) is -0.430. The van der Waals surface area contributed by atoms with Gasteiger partial charge in [0.1, 0.15) is 0 Å². The summed E-state index contributed by atoms with van der Waals surface area (Å²) in [4.78, 5) is 34.8. The van der Waals surface area contributed by atoms with Crippen LogP contribution in [0.3, 0.4) is 0 Å². The molecule has 0 fully saturated rings. The van der Waals surface area contributed by atoms with Crippen LogP contribution in [-0.4, -0.2) is 30.7 Å². The molecule has 0 atom stereocenters. The van der Waals surface area contributed by atoms with E-state index in [0.717, 1.165) is 0 Å². The lowest BCUT2D eigenvalue weighted by molar-refractivity contribution is -0.124. The molecule has 1 rings (SSSR count). The number of rotatable bonds is 8. The van der Waals surface area contributed by atoms with Gasteiger partial charge in [0.05, 0.1) is 0 Å². The first-order chi connectivity index (χ1) is 10.4. The number of Topliss-reactive ketones (excluding diaryl/α,β-unsaturated/α-hetero) is 1. The second-order valence-electron chi connectivity index (χ2n) is 5.23. The summed E-state index contributed by atoms with van der Waals surface area (Å²) in [6, 6.07) is 6.58. The monoisotopic (exact) mass is 324 g/mol. The molecule has 0 heterocycles. The minimum absolute atomic E-state index is 0.0489. The molecule has 0 aromatic heterocycles. The van der Waals surface area contributed by atoms with Crippen LogP contribution in [0.1, 0.15) is 37.0 Å². The van der Waals surface area contributed by atoms with Crippen molar-refractivity contribution in [3.8, 4) is 0 Å². The number of nitrogens with one attached hydrogen (secondary N) is 2. The molecule has 0 aliphatic carbocycles. The van der Waals surface area contributed by atoms with Crippen LogP contribution in [0.25, 0.3) is 0 Å². The highest BCUT2D eigenvalue weighted by Crippen LogP contribution is 2.11. The normalized spacial score (nSPS) is 10.4. The molecule has 0 saturated heterocycles. The zero-order chi connectivity index (χ0) is 16.5. The standard InChI is InChI=1S/C16H21ClN2O3/c1-11(2)16(22)19-10-9-18-15(21)8-7-14(20)12-3-5-13(17)6-4-12/h3-6,11H,7-10H2,1-2H3,(H,18,21)(H,19,22). The van der Waals surface area contributed by atoms with Crippen LogP contribution in [0.5, 0.6) is 0 Å². The van der Waals surface area contributed by atoms with Crippen molar-refractivity contribution in [3.63, 3.8) is 0 Å². The van der Waals surface area contributed by atoms with Crippen LogP contribution in [0.2, 0.25) is 5.02 Å². The van der Waals surface area contributed by atoms with Gasteiger partial charge in [0.15, 0.2) is 5.78 Å². The fraction of sp³-hybridized carbons (Fsp3) is 0.438. The van der Waals surface area contributed by atoms with Crippen molar-refractivity contribution in [2.45, 2.75) is 26.7 Å². The average Bonchev–Trinajstić information content (AvgIpc) is 2.49.